The number of H-pyrrole nitrogens is 2. The van der Waals surface area contributed by atoms with E-state index in [0.717, 1.165) is 88.1 Å². The molecule has 1 amide bonds. The molecule has 3 aromatic rings. The number of aryl methyl sites for hydroxylation is 2. The number of hydrogen-bond acceptors (Lipinski definition) is 8. The van der Waals surface area contributed by atoms with Gasteiger partial charge in [-0.15, -0.1) is 0 Å². The highest BCUT2D eigenvalue weighted by Crippen LogP contribution is 2.43. The summed E-state index contributed by atoms with van der Waals surface area (Å²) in [7, 11) is 2.73. The van der Waals surface area contributed by atoms with Crippen LogP contribution in [0.1, 0.15) is 133 Å². The number of amides is 1. The van der Waals surface area contributed by atoms with Gasteiger partial charge in [0.15, 0.2) is 0 Å². The van der Waals surface area contributed by atoms with Crippen molar-refractivity contribution in [3.05, 3.63) is 75.4 Å². The third-order valence-corrected chi connectivity index (χ3v) is 10.8. The van der Waals surface area contributed by atoms with Crippen LogP contribution in [0.4, 0.5) is 0 Å². The van der Waals surface area contributed by atoms with Gasteiger partial charge in [-0.3, -0.25) is 19.4 Å². The van der Waals surface area contributed by atoms with Crippen LogP contribution in [0.15, 0.2) is 24.8 Å². The highest BCUT2D eigenvalue weighted by atomic mass is 16.5. The molecule has 5 rings (SSSR count). The molecule has 282 valence electrons. The van der Waals surface area contributed by atoms with Gasteiger partial charge in [0.1, 0.15) is 0 Å². The second-order valence-corrected chi connectivity index (χ2v) is 14.0. The SMILES string of the molecule is C=Cc1c(C)c2cc3nc(c(CC(=O)OC)c4[nH]c(cc5nc(cc1[nH]2)C(C)=C5CC)c(C)c4C(=O)NCCCCCCN)[C@@H](CCC(=O)OC)[C@@H]3C. The van der Waals surface area contributed by atoms with Crippen molar-refractivity contribution in [2.75, 3.05) is 27.3 Å². The second-order valence-electron chi connectivity index (χ2n) is 14.0. The van der Waals surface area contributed by atoms with Crippen molar-refractivity contribution in [1.82, 2.24) is 25.3 Å². The molecule has 0 unspecified atom stereocenters. The zero-order valence-corrected chi connectivity index (χ0v) is 32.3. The summed E-state index contributed by atoms with van der Waals surface area (Å²) in [5, 5.41) is 3.14. The molecule has 0 saturated heterocycles. The van der Waals surface area contributed by atoms with Crippen molar-refractivity contribution in [3.63, 3.8) is 0 Å². The predicted octanol–water partition coefficient (Wildman–Crippen LogP) is 7.72. The number of nitrogens with two attached hydrogens (primary N) is 1. The van der Waals surface area contributed by atoms with Crippen LogP contribution in [0.5, 0.6) is 0 Å². The highest BCUT2D eigenvalue weighted by Gasteiger charge is 2.34. The average molecular weight is 723 g/mol. The van der Waals surface area contributed by atoms with Crippen molar-refractivity contribution in [3.8, 4) is 0 Å². The predicted molar refractivity (Wildman–Crippen MR) is 211 cm³/mol. The maximum Gasteiger partial charge on any atom is 0.310 e. The van der Waals surface area contributed by atoms with Gasteiger partial charge in [-0.25, -0.2) is 4.98 Å². The van der Waals surface area contributed by atoms with Gasteiger partial charge in [-0.05, 0) is 93.5 Å². The minimum atomic E-state index is -0.472. The molecular formula is C42H54N6O5. The first kappa shape index (κ1) is 39.2. The van der Waals surface area contributed by atoms with Gasteiger partial charge in [-0.2, -0.15) is 0 Å². The zero-order valence-electron chi connectivity index (χ0n) is 32.3. The van der Waals surface area contributed by atoms with Gasteiger partial charge in [-0.1, -0.05) is 39.3 Å². The maximum absolute atomic E-state index is 14.2. The first-order chi connectivity index (χ1) is 25.5. The molecule has 5 N–H and O–H groups in total. The van der Waals surface area contributed by atoms with Crippen molar-refractivity contribution in [2.45, 2.75) is 97.8 Å². The summed E-state index contributed by atoms with van der Waals surface area (Å²) in [6.07, 6.45) is 6.79. The third-order valence-electron chi connectivity index (χ3n) is 10.8. The molecule has 0 aliphatic carbocycles. The Morgan fingerprint density at radius 3 is 2.30 bits per heavy atom. The molecular weight excluding hydrogens is 668 g/mol. The number of allylic oxidation sites excluding steroid dienone is 2. The molecule has 53 heavy (non-hydrogen) atoms. The lowest BCUT2D eigenvalue weighted by atomic mass is 9.85. The van der Waals surface area contributed by atoms with Crippen LogP contribution in [0.25, 0.3) is 39.3 Å². The fraction of sp³-hybridized carbons (Fsp3) is 0.452. The van der Waals surface area contributed by atoms with Crippen LogP contribution in [-0.2, 0) is 25.5 Å². The summed E-state index contributed by atoms with van der Waals surface area (Å²) < 4.78 is 10.3. The van der Waals surface area contributed by atoms with Gasteiger partial charge in [0.25, 0.3) is 5.91 Å². The van der Waals surface area contributed by atoms with Crippen LogP contribution < -0.4 is 11.1 Å². The fourth-order valence-electron chi connectivity index (χ4n) is 7.62. The van der Waals surface area contributed by atoms with E-state index in [0.29, 0.717) is 47.4 Å². The molecule has 0 aromatic carbocycles. The minimum Gasteiger partial charge on any atom is -0.469 e. The Morgan fingerprint density at radius 1 is 0.925 bits per heavy atom. The molecule has 0 fully saturated rings. The number of unbranched alkanes of at least 4 members (excludes halogenated alkanes) is 3. The molecule has 0 saturated carbocycles. The van der Waals surface area contributed by atoms with Crippen LogP contribution in [-0.4, -0.2) is 65.1 Å². The summed E-state index contributed by atoms with van der Waals surface area (Å²) in [6, 6.07) is 6.10. The summed E-state index contributed by atoms with van der Waals surface area (Å²) in [6.45, 7) is 15.5. The van der Waals surface area contributed by atoms with E-state index in [2.05, 4.69) is 48.7 Å². The number of nitrogens with zero attached hydrogens (tertiary/aromatic N) is 2. The van der Waals surface area contributed by atoms with Gasteiger partial charge < -0.3 is 30.5 Å². The molecule has 11 heteroatoms. The summed E-state index contributed by atoms with van der Waals surface area (Å²) in [5.74, 6) is -1.45. The first-order valence-electron chi connectivity index (χ1n) is 18.7. The smallest absolute Gasteiger partial charge is 0.310 e. The number of rotatable bonds is 14. The maximum atomic E-state index is 14.2. The molecule has 3 aromatic heterocycles. The van der Waals surface area contributed by atoms with Crippen molar-refractivity contribution >= 4 is 57.1 Å². The zero-order chi connectivity index (χ0) is 38.4. The molecule has 8 bridgehead atoms. The average Bonchev–Trinajstić information content (AvgIpc) is 3.83. The molecule has 5 heterocycles. The Bertz CT molecular complexity index is 2110. The van der Waals surface area contributed by atoms with Crippen LogP contribution in [0.3, 0.4) is 0 Å². The number of esters is 2. The molecule has 2 aliphatic rings. The van der Waals surface area contributed by atoms with E-state index in [1.807, 2.05) is 32.1 Å². The number of nitrogens with one attached hydrogen (secondary N) is 3. The lowest BCUT2D eigenvalue weighted by Gasteiger charge is -2.18. The summed E-state index contributed by atoms with van der Waals surface area (Å²) in [4.78, 5) is 57.5. The van der Waals surface area contributed by atoms with E-state index < -0.39 is 5.97 Å². The number of fused-ring (bicyclic) bond motifs is 8. The first-order valence-corrected chi connectivity index (χ1v) is 18.7. The van der Waals surface area contributed by atoms with Gasteiger partial charge >= 0.3 is 11.9 Å². The number of ether oxygens (including phenoxy) is 2. The number of carbonyl (C=O) groups is 3. The topological polar surface area (TPSA) is 165 Å². The van der Waals surface area contributed by atoms with E-state index in [1.165, 1.54) is 14.2 Å². The number of methoxy groups -OCH3 is 2. The van der Waals surface area contributed by atoms with E-state index in [4.69, 9.17) is 25.2 Å². The Morgan fingerprint density at radius 2 is 1.62 bits per heavy atom. The summed E-state index contributed by atoms with van der Waals surface area (Å²) >= 11 is 0. The lowest BCUT2D eigenvalue weighted by Crippen LogP contribution is -2.25. The number of carbonyl (C=O) groups excluding carboxylic acids is 3. The van der Waals surface area contributed by atoms with E-state index in [9.17, 15) is 14.4 Å². The van der Waals surface area contributed by atoms with Crippen LogP contribution >= 0.6 is 0 Å². The number of aromatic nitrogens is 4. The van der Waals surface area contributed by atoms with Gasteiger partial charge in [0, 0.05) is 58.2 Å². The quantitative estimate of drug-likeness (QED) is 0.0970. The Kier molecular flexibility index (Phi) is 12.7. The highest BCUT2D eigenvalue weighted by molar-refractivity contribution is 6.06. The van der Waals surface area contributed by atoms with E-state index in [1.54, 1.807) is 0 Å². The normalized spacial score (nSPS) is 15.4. The largest absolute Gasteiger partial charge is 0.469 e. The van der Waals surface area contributed by atoms with Crippen molar-refractivity contribution in [1.29, 1.82) is 0 Å². The van der Waals surface area contributed by atoms with Crippen LogP contribution in [0.2, 0.25) is 0 Å². The monoisotopic (exact) mass is 722 g/mol. The number of hydrogen-bond donors (Lipinski definition) is 4. The van der Waals surface area contributed by atoms with Crippen LogP contribution in [0, 0.1) is 13.8 Å². The van der Waals surface area contributed by atoms with Gasteiger partial charge in [0.05, 0.1) is 48.8 Å². The van der Waals surface area contributed by atoms with E-state index in [-0.39, 0.29) is 36.6 Å². The Hall–Kier alpha value is -5.03. The molecule has 0 radical (unpaired) electrons. The van der Waals surface area contributed by atoms with E-state index >= 15 is 0 Å². The van der Waals surface area contributed by atoms with Gasteiger partial charge in [0.2, 0.25) is 0 Å². The van der Waals surface area contributed by atoms with Crippen molar-refractivity contribution in [2.24, 2.45) is 5.73 Å². The summed E-state index contributed by atoms with van der Waals surface area (Å²) in [5.41, 5.74) is 17.6. The lowest BCUT2D eigenvalue weighted by molar-refractivity contribution is -0.141. The molecule has 2 aliphatic heterocycles. The molecule has 0 spiro atoms. The molecule has 11 nitrogen and oxygen atoms in total. The second kappa shape index (κ2) is 17.2. The Balaban J connectivity index is 1.91. The number of aromatic amines is 2. The van der Waals surface area contributed by atoms with Crippen molar-refractivity contribution < 1.29 is 23.9 Å². The standard InChI is InChI=1S/C42H54N6O5/c1-9-27-23(3)31-20-33-25(5)29(15-16-37(49)52-7)40(47-33)30(19-38(50)53-8)41-39(42(51)44-18-14-12-11-13-17-43)26(6)34(48-41)22-36-28(10-2)24(4)32(46-36)21-35(27)45-31/h9,20-22,25,29,45,48H,1,10-19,43H2,2-8H3,(H,44,51)/t25-,29-/m0/s1. The molecule has 2 atom stereocenters. The Labute approximate surface area is 311 Å². The third kappa shape index (κ3) is 8.15. The fourth-order valence-corrected chi connectivity index (χ4v) is 7.62. The minimum absolute atomic E-state index is 0.137.